The summed E-state index contributed by atoms with van der Waals surface area (Å²) in [6, 6.07) is 5.85. The van der Waals surface area contributed by atoms with Crippen LogP contribution in [0.4, 0.5) is 0 Å². The minimum Gasteiger partial charge on any atom is -0.465 e. The van der Waals surface area contributed by atoms with Crippen molar-refractivity contribution < 1.29 is 14.3 Å². The van der Waals surface area contributed by atoms with Crippen molar-refractivity contribution in [1.82, 2.24) is 14.8 Å². The molecule has 134 valence electrons. The maximum atomic E-state index is 12.2. The van der Waals surface area contributed by atoms with Crippen molar-refractivity contribution in [3.05, 3.63) is 46.6 Å². The van der Waals surface area contributed by atoms with Gasteiger partial charge in [-0.3, -0.25) is 9.83 Å². The SMILES string of the molecule is CCC1=NNC(c2cc(C(=O)OC)cn3c(-c4ccc(C)s4)cnc23)O1. The molecule has 0 bridgehead atoms. The average molecular weight is 370 g/mol. The van der Waals surface area contributed by atoms with Gasteiger partial charge in [0.2, 0.25) is 12.1 Å². The highest BCUT2D eigenvalue weighted by molar-refractivity contribution is 7.15. The van der Waals surface area contributed by atoms with Crippen molar-refractivity contribution in [2.75, 3.05) is 7.11 Å². The highest BCUT2D eigenvalue weighted by Crippen LogP contribution is 2.32. The molecular weight excluding hydrogens is 352 g/mol. The second kappa shape index (κ2) is 6.45. The van der Waals surface area contributed by atoms with Crippen LogP contribution in [0.25, 0.3) is 16.2 Å². The fourth-order valence-electron chi connectivity index (χ4n) is 2.91. The zero-order valence-electron chi connectivity index (χ0n) is 14.6. The number of imidazole rings is 1. The summed E-state index contributed by atoms with van der Waals surface area (Å²) < 4.78 is 12.6. The van der Waals surface area contributed by atoms with Crippen LogP contribution in [-0.4, -0.2) is 28.4 Å². The lowest BCUT2D eigenvalue weighted by Crippen LogP contribution is -2.15. The molecule has 26 heavy (non-hydrogen) atoms. The Morgan fingerprint density at radius 2 is 2.31 bits per heavy atom. The lowest BCUT2D eigenvalue weighted by atomic mass is 10.1. The predicted molar refractivity (Wildman–Crippen MR) is 99.3 cm³/mol. The van der Waals surface area contributed by atoms with Crippen molar-refractivity contribution in [3.63, 3.8) is 0 Å². The van der Waals surface area contributed by atoms with E-state index in [0.29, 0.717) is 23.5 Å². The molecule has 0 saturated carbocycles. The smallest absolute Gasteiger partial charge is 0.339 e. The second-order valence-corrected chi connectivity index (χ2v) is 7.20. The molecular formula is C18H18N4O3S. The monoisotopic (exact) mass is 370 g/mol. The van der Waals surface area contributed by atoms with Gasteiger partial charge in [0.05, 0.1) is 35.0 Å². The van der Waals surface area contributed by atoms with E-state index in [1.807, 2.05) is 17.5 Å². The molecule has 1 aliphatic rings. The normalized spacial score (nSPS) is 16.3. The van der Waals surface area contributed by atoms with Gasteiger partial charge in [0, 0.05) is 17.5 Å². The number of carbonyl (C=O) groups excluding carboxylic acids is 1. The first kappa shape index (κ1) is 16.6. The van der Waals surface area contributed by atoms with E-state index in [4.69, 9.17) is 9.47 Å². The Labute approximate surface area is 154 Å². The highest BCUT2D eigenvalue weighted by atomic mass is 32.1. The van der Waals surface area contributed by atoms with E-state index in [1.165, 1.54) is 12.0 Å². The van der Waals surface area contributed by atoms with Crippen LogP contribution >= 0.6 is 11.3 Å². The largest absolute Gasteiger partial charge is 0.465 e. The van der Waals surface area contributed by atoms with Gasteiger partial charge < -0.3 is 9.47 Å². The molecule has 0 amide bonds. The van der Waals surface area contributed by atoms with E-state index in [9.17, 15) is 4.79 Å². The zero-order chi connectivity index (χ0) is 18.3. The Morgan fingerprint density at radius 1 is 1.46 bits per heavy atom. The number of aromatic nitrogens is 2. The Morgan fingerprint density at radius 3 is 2.96 bits per heavy atom. The third kappa shape index (κ3) is 2.72. The third-order valence-electron chi connectivity index (χ3n) is 4.19. The zero-order valence-corrected chi connectivity index (χ0v) is 15.5. The molecule has 7 nitrogen and oxygen atoms in total. The van der Waals surface area contributed by atoms with Crippen molar-refractivity contribution in [2.45, 2.75) is 26.5 Å². The molecule has 1 aliphatic heterocycles. The number of nitrogens with zero attached hydrogens (tertiary/aromatic N) is 3. The van der Waals surface area contributed by atoms with E-state index >= 15 is 0 Å². The second-order valence-electron chi connectivity index (χ2n) is 5.91. The molecule has 0 saturated heterocycles. The van der Waals surface area contributed by atoms with Crippen LogP contribution in [0.1, 0.15) is 40.4 Å². The summed E-state index contributed by atoms with van der Waals surface area (Å²) >= 11 is 1.68. The van der Waals surface area contributed by atoms with Gasteiger partial charge in [-0.2, -0.15) is 0 Å². The Balaban J connectivity index is 1.88. The van der Waals surface area contributed by atoms with Crippen molar-refractivity contribution in [2.24, 2.45) is 5.10 Å². The summed E-state index contributed by atoms with van der Waals surface area (Å²) in [5.74, 6) is 0.210. The minimum absolute atomic E-state index is 0.412. The third-order valence-corrected chi connectivity index (χ3v) is 5.22. The standard InChI is InChI=1S/C18H18N4O3S/c1-4-15-20-21-17(25-15)12-7-11(18(23)24-3)9-22-13(8-19-16(12)22)14-6-5-10(2)26-14/h5-9,17,21H,4H2,1-3H3. The van der Waals surface area contributed by atoms with Crippen LogP contribution in [0.15, 0.2) is 35.7 Å². The fraction of sp³-hybridized carbons (Fsp3) is 0.278. The summed E-state index contributed by atoms with van der Waals surface area (Å²) in [5.41, 5.74) is 5.76. The van der Waals surface area contributed by atoms with E-state index in [1.54, 1.807) is 23.6 Å². The van der Waals surface area contributed by atoms with Crippen LogP contribution in [-0.2, 0) is 9.47 Å². The molecule has 1 N–H and O–H groups in total. The number of carbonyl (C=O) groups is 1. The number of hydrogen-bond donors (Lipinski definition) is 1. The lowest BCUT2D eigenvalue weighted by Gasteiger charge is -2.14. The molecule has 3 aromatic heterocycles. The first-order chi connectivity index (χ1) is 12.6. The molecule has 3 aromatic rings. The molecule has 4 rings (SSSR count). The van der Waals surface area contributed by atoms with Crippen molar-refractivity contribution >= 4 is 28.9 Å². The van der Waals surface area contributed by atoms with Crippen LogP contribution in [0.3, 0.4) is 0 Å². The number of hydrogen-bond acceptors (Lipinski definition) is 7. The molecule has 1 atom stereocenters. The topological polar surface area (TPSA) is 77.2 Å². The number of thiophene rings is 1. The van der Waals surface area contributed by atoms with Gasteiger partial charge in [-0.05, 0) is 25.1 Å². The summed E-state index contributed by atoms with van der Waals surface area (Å²) in [6.07, 6.45) is 3.75. The number of nitrogens with one attached hydrogen (secondary N) is 1. The number of fused-ring (bicyclic) bond motifs is 1. The first-order valence-electron chi connectivity index (χ1n) is 8.25. The maximum Gasteiger partial charge on any atom is 0.339 e. The summed E-state index contributed by atoms with van der Waals surface area (Å²) in [5, 5.41) is 4.18. The number of methoxy groups -OCH3 is 1. The van der Waals surface area contributed by atoms with Gasteiger partial charge in [-0.15, -0.1) is 16.4 Å². The van der Waals surface area contributed by atoms with Gasteiger partial charge in [-0.25, -0.2) is 9.78 Å². The van der Waals surface area contributed by atoms with Crippen LogP contribution in [0, 0.1) is 6.92 Å². The molecule has 0 aliphatic carbocycles. The number of rotatable bonds is 4. The van der Waals surface area contributed by atoms with Crippen LogP contribution in [0.5, 0.6) is 0 Å². The van der Waals surface area contributed by atoms with E-state index in [-0.39, 0.29) is 0 Å². The van der Waals surface area contributed by atoms with E-state index in [0.717, 1.165) is 16.1 Å². The van der Waals surface area contributed by atoms with Crippen molar-refractivity contribution in [3.8, 4) is 10.6 Å². The molecule has 1 unspecified atom stereocenters. The Bertz CT molecular complexity index is 1020. The van der Waals surface area contributed by atoms with E-state index in [2.05, 4.69) is 34.6 Å². The van der Waals surface area contributed by atoms with Crippen LogP contribution in [0.2, 0.25) is 0 Å². The summed E-state index contributed by atoms with van der Waals surface area (Å²) in [4.78, 5) is 19.0. The minimum atomic E-state index is -0.489. The Hall–Kier alpha value is -2.87. The number of hydrazone groups is 1. The molecule has 0 spiro atoms. The van der Waals surface area contributed by atoms with Gasteiger partial charge in [-0.1, -0.05) is 6.92 Å². The number of esters is 1. The number of ether oxygens (including phenoxy) is 2. The van der Waals surface area contributed by atoms with Crippen molar-refractivity contribution in [1.29, 1.82) is 0 Å². The van der Waals surface area contributed by atoms with Gasteiger partial charge >= 0.3 is 5.97 Å². The molecule has 8 heteroatoms. The van der Waals surface area contributed by atoms with Gasteiger partial charge in [0.25, 0.3) is 0 Å². The molecule has 4 heterocycles. The fourth-order valence-corrected chi connectivity index (χ4v) is 3.78. The molecule has 0 radical (unpaired) electrons. The maximum absolute atomic E-state index is 12.2. The summed E-state index contributed by atoms with van der Waals surface area (Å²) in [7, 11) is 1.37. The average Bonchev–Trinajstić information content (AvgIpc) is 3.38. The van der Waals surface area contributed by atoms with Gasteiger partial charge in [0.1, 0.15) is 5.65 Å². The van der Waals surface area contributed by atoms with Crippen LogP contribution < -0.4 is 5.43 Å². The Kier molecular flexibility index (Phi) is 4.12. The predicted octanol–water partition coefficient (Wildman–Crippen LogP) is 3.50. The molecule has 0 aromatic carbocycles. The highest BCUT2D eigenvalue weighted by Gasteiger charge is 2.26. The molecule has 0 fully saturated rings. The number of aryl methyl sites for hydroxylation is 1. The number of pyridine rings is 1. The quantitative estimate of drug-likeness (QED) is 0.711. The van der Waals surface area contributed by atoms with E-state index < -0.39 is 12.2 Å². The summed E-state index contributed by atoms with van der Waals surface area (Å²) in [6.45, 7) is 4.03. The lowest BCUT2D eigenvalue weighted by molar-refractivity contribution is 0.0600. The first-order valence-corrected chi connectivity index (χ1v) is 9.07. The van der Waals surface area contributed by atoms with Gasteiger partial charge in [0.15, 0.2) is 0 Å².